The fourth-order valence-electron chi connectivity index (χ4n) is 5.82. The molecule has 0 spiro atoms. The minimum atomic E-state index is -0.411. The largest absolute Gasteiger partial charge is 0.321 e. The van der Waals surface area contributed by atoms with Gasteiger partial charge in [0.15, 0.2) is 0 Å². The van der Waals surface area contributed by atoms with Crippen LogP contribution < -0.4 is 10.7 Å². The molecule has 8 heteroatoms. The van der Waals surface area contributed by atoms with Crippen molar-refractivity contribution in [3.05, 3.63) is 98.5 Å². The van der Waals surface area contributed by atoms with Crippen molar-refractivity contribution < 1.29 is 9.59 Å². The van der Waals surface area contributed by atoms with Crippen molar-refractivity contribution in [1.82, 2.24) is 15.2 Å². The van der Waals surface area contributed by atoms with Crippen LogP contribution in [0.3, 0.4) is 0 Å². The lowest BCUT2D eigenvalue weighted by atomic mass is 9.99. The number of anilines is 1. The topological polar surface area (TPSA) is 77.0 Å². The lowest BCUT2D eigenvalue weighted by molar-refractivity contribution is 0.0896. The smallest absolute Gasteiger partial charge is 0.273 e. The van der Waals surface area contributed by atoms with Crippen LogP contribution in [-0.2, 0) is 6.54 Å². The van der Waals surface area contributed by atoms with Gasteiger partial charge in [-0.05, 0) is 118 Å². The zero-order valence-electron chi connectivity index (χ0n) is 24.5. The van der Waals surface area contributed by atoms with E-state index in [1.165, 1.54) is 56.3 Å². The monoisotopic (exact) mass is 629 g/mol. The lowest BCUT2D eigenvalue weighted by Gasteiger charge is -2.40. The Kier molecular flexibility index (Phi) is 10.2. The number of nitrogens with zero attached hydrogens (tertiary/aromatic N) is 3. The first-order valence-corrected chi connectivity index (χ1v) is 15.7. The third kappa shape index (κ3) is 7.94. The molecule has 3 aromatic rings. The SMILES string of the molecule is Cc1ccc(/C=N/NC(=O)c2cc(Br)ccc2NC(=O)c2ccc(CN3CCC(N4CCCCC4)CC3)cc2)cc1C. The summed E-state index contributed by atoms with van der Waals surface area (Å²) in [6.07, 6.45) is 8.16. The third-order valence-corrected chi connectivity index (χ3v) is 8.96. The van der Waals surface area contributed by atoms with E-state index in [2.05, 4.69) is 48.5 Å². The zero-order chi connectivity index (χ0) is 29.5. The number of piperidine rings is 2. The number of hydrogen-bond donors (Lipinski definition) is 2. The molecule has 0 aliphatic carbocycles. The molecule has 0 radical (unpaired) electrons. The summed E-state index contributed by atoms with van der Waals surface area (Å²) < 4.78 is 0.730. The summed E-state index contributed by atoms with van der Waals surface area (Å²) in [5.41, 5.74) is 8.32. The Morgan fingerprint density at radius 1 is 0.881 bits per heavy atom. The Morgan fingerprint density at radius 3 is 2.33 bits per heavy atom. The molecular weight excluding hydrogens is 590 g/mol. The summed E-state index contributed by atoms with van der Waals surface area (Å²) in [5, 5.41) is 7.03. The molecule has 0 saturated carbocycles. The number of hydrogen-bond acceptors (Lipinski definition) is 5. The Labute approximate surface area is 257 Å². The zero-order valence-corrected chi connectivity index (χ0v) is 26.1. The number of halogens is 1. The van der Waals surface area contributed by atoms with Crippen LogP contribution in [0.4, 0.5) is 5.69 Å². The Balaban J connectivity index is 1.16. The van der Waals surface area contributed by atoms with Gasteiger partial charge in [-0.15, -0.1) is 0 Å². The maximum Gasteiger partial charge on any atom is 0.273 e. The summed E-state index contributed by atoms with van der Waals surface area (Å²) in [5.74, 6) is -0.676. The molecular formula is C34H40BrN5O2. The quantitative estimate of drug-likeness (QED) is 0.219. The summed E-state index contributed by atoms with van der Waals surface area (Å²) in [6.45, 7) is 9.75. The van der Waals surface area contributed by atoms with Gasteiger partial charge in [0.25, 0.3) is 11.8 Å². The fraction of sp³-hybridized carbons (Fsp3) is 0.382. The molecule has 2 aliphatic heterocycles. The van der Waals surface area contributed by atoms with E-state index in [0.29, 0.717) is 16.8 Å². The Bertz CT molecular complexity index is 1420. The molecule has 0 unspecified atom stereocenters. The molecule has 0 aromatic heterocycles. The van der Waals surface area contributed by atoms with E-state index in [1.807, 2.05) is 49.4 Å². The van der Waals surface area contributed by atoms with E-state index in [9.17, 15) is 9.59 Å². The molecule has 7 nitrogen and oxygen atoms in total. The van der Waals surface area contributed by atoms with Crippen LogP contribution in [0.25, 0.3) is 0 Å². The minimum absolute atomic E-state index is 0.265. The van der Waals surface area contributed by atoms with Gasteiger partial charge in [0.2, 0.25) is 0 Å². The summed E-state index contributed by atoms with van der Waals surface area (Å²) >= 11 is 3.43. The van der Waals surface area contributed by atoms with Crippen LogP contribution in [-0.4, -0.2) is 60.0 Å². The van der Waals surface area contributed by atoms with E-state index in [-0.39, 0.29) is 5.91 Å². The number of rotatable bonds is 8. The van der Waals surface area contributed by atoms with Crippen molar-refractivity contribution in [3.63, 3.8) is 0 Å². The van der Waals surface area contributed by atoms with Crippen molar-refractivity contribution >= 4 is 39.6 Å². The molecule has 2 N–H and O–H groups in total. The number of amides is 2. The van der Waals surface area contributed by atoms with Gasteiger partial charge in [0.05, 0.1) is 17.5 Å². The second-order valence-electron chi connectivity index (χ2n) is 11.5. The number of nitrogens with one attached hydrogen (secondary N) is 2. The molecule has 0 bridgehead atoms. The highest BCUT2D eigenvalue weighted by Crippen LogP contribution is 2.24. The number of hydrazone groups is 1. The number of carbonyl (C=O) groups excluding carboxylic acids is 2. The molecule has 5 rings (SSSR count). The average molecular weight is 631 g/mol. The molecule has 3 aromatic carbocycles. The molecule has 2 heterocycles. The Hall–Kier alpha value is -3.33. The van der Waals surface area contributed by atoms with Gasteiger partial charge < -0.3 is 10.2 Å². The van der Waals surface area contributed by atoms with E-state index < -0.39 is 5.91 Å². The number of aryl methyl sites for hydroxylation is 2. The van der Waals surface area contributed by atoms with Gasteiger partial charge in [-0.3, -0.25) is 14.5 Å². The van der Waals surface area contributed by atoms with Gasteiger partial charge in [0.1, 0.15) is 0 Å². The van der Waals surface area contributed by atoms with Crippen molar-refractivity contribution in [2.75, 3.05) is 31.5 Å². The highest BCUT2D eigenvalue weighted by molar-refractivity contribution is 9.10. The number of benzene rings is 3. The Morgan fingerprint density at radius 2 is 1.62 bits per heavy atom. The highest BCUT2D eigenvalue weighted by Gasteiger charge is 2.25. The van der Waals surface area contributed by atoms with Crippen LogP contribution in [0.1, 0.15) is 75.1 Å². The van der Waals surface area contributed by atoms with E-state index >= 15 is 0 Å². The van der Waals surface area contributed by atoms with Gasteiger partial charge >= 0.3 is 0 Å². The van der Waals surface area contributed by atoms with Gasteiger partial charge in [-0.2, -0.15) is 5.10 Å². The summed E-state index contributed by atoms with van der Waals surface area (Å²) in [6, 6.07) is 19.7. The normalized spacial score (nSPS) is 16.9. The molecule has 2 saturated heterocycles. The van der Waals surface area contributed by atoms with Crippen LogP contribution in [0, 0.1) is 13.8 Å². The summed E-state index contributed by atoms with van der Waals surface area (Å²) in [7, 11) is 0. The first-order chi connectivity index (χ1) is 20.4. The molecule has 0 atom stereocenters. The van der Waals surface area contributed by atoms with Crippen molar-refractivity contribution in [2.45, 2.75) is 58.5 Å². The lowest BCUT2D eigenvalue weighted by Crippen LogP contribution is -2.46. The van der Waals surface area contributed by atoms with Crippen molar-refractivity contribution in [2.24, 2.45) is 5.10 Å². The third-order valence-electron chi connectivity index (χ3n) is 8.47. The standard InChI is InChI=1S/C34H40BrN5O2/c1-24-6-7-27(20-25(24)2)22-36-38-34(42)31-21-29(35)12-13-32(31)37-33(41)28-10-8-26(9-11-28)23-39-18-14-30(15-19-39)40-16-4-3-5-17-40/h6-13,20-22,30H,3-5,14-19,23H2,1-2H3,(H,37,41)(H,38,42)/b36-22+. The van der Waals surface area contributed by atoms with Crippen LogP contribution >= 0.6 is 15.9 Å². The first-order valence-electron chi connectivity index (χ1n) is 14.9. The predicted octanol–water partition coefficient (Wildman–Crippen LogP) is 6.53. The molecule has 220 valence electrons. The molecule has 2 amide bonds. The average Bonchev–Trinajstić information content (AvgIpc) is 3.01. The number of carbonyl (C=O) groups is 2. The molecule has 2 fully saturated rings. The van der Waals surface area contributed by atoms with Crippen LogP contribution in [0.15, 0.2) is 70.2 Å². The molecule has 42 heavy (non-hydrogen) atoms. The van der Waals surface area contributed by atoms with Crippen LogP contribution in [0.2, 0.25) is 0 Å². The maximum absolute atomic E-state index is 13.1. The van der Waals surface area contributed by atoms with Crippen LogP contribution in [0.5, 0.6) is 0 Å². The second-order valence-corrected chi connectivity index (χ2v) is 12.4. The number of likely N-dealkylation sites (tertiary alicyclic amines) is 2. The predicted molar refractivity (Wildman–Crippen MR) is 173 cm³/mol. The van der Waals surface area contributed by atoms with Gasteiger partial charge in [-0.1, -0.05) is 52.7 Å². The summed E-state index contributed by atoms with van der Waals surface area (Å²) in [4.78, 5) is 31.3. The second kappa shape index (κ2) is 14.2. The van der Waals surface area contributed by atoms with Crippen molar-refractivity contribution in [1.29, 1.82) is 0 Å². The van der Waals surface area contributed by atoms with Crippen molar-refractivity contribution in [3.8, 4) is 0 Å². The minimum Gasteiger partial charge on any atom is -0.321 e. The van der Waals surface area contributed by atoms with Gasteiger partial charge in [-0.25, -0.2) is 5.43 Å². The van der Waals surface area contributed by atoms with E-state index in [0.717, 1.165) is 41.3 Å². The fourth-order valence-corrected chi connectivity index (χ4v) is 6.19. The maximum atomic E-state index is 13.1. The van der Waals surface area contributed by atoms with E-state index in [1.54, 1.807) is 24.4 Å². The molecule has 2 aliphatic rings. The first kappa shape index (κ1) is 30.1. The van der Waals surface area contributed by atoms with E-state index in [4.69, 9.17) is 0 Å². The highest BCUT2D eigenvalue weighted by atomic mass is 79.9. The van der Waals surface area contributed by atoms with Gasteiger partial charge in [0, 0.05) is 22.6 Å².